The molecule has 0 aliphatic heterocycles. The maximum absolute atomic E-state index is 12.8. The summed E-state index contributed by atoms with van der Waals surface area (Å²) < 4.78 is 7.30. The monoisotopic (exact) mass is 360 g/mol. The zero-order valence-electron chi connectivity index (χ0n) is 15.6. The Balaban J connectivity index is 2.34. The zero-order chi connectivity index (χ0) is 19.6. The Morgan fingerprint density at radius 1 is 1.15 bits per heavy atom. The molecule has 0 saturated carbocycles. The van der Waals surface area contributed by atoms with Crippen LogP contribution in [-0.4, -0.2) is 28.1 Å². The highest BCUT2D eigenvalue weighted by molar-refractivity contribution is 6.03. The highest BCUT2D eigenvalue weighted by Crippen LogP contribution is 2.25. The summed E-state index contributed by atoms with van der Waals surface area (Å²) >= 11 is 0. The van der Waals surface area contributed by atoms with Crippen LogP contribution in [0.5, 0.6) is 5.75 Å². The van der Waals surface area contributed by atoms with Gasteiger partial charge in [-0.15, -0.1) is 0 Å². The van der Waals surface area contributed by atoms with Gasteiger partial charge >= 0.3 is 5.69 Å². The summed E-state index contributed by atoms with van der Waals surface area (Å²) in [6.45, 7) is 3.54. The van der Waals surface area contributed by atoms with Gasteiger partial charge in [-0.2, -0.15) is 0 Å². The number of ketones is 1. The number of nitrogen functional groups attached to an aromatic ring is 1. The second-order valence-electron chi connectivity index (χ2n) is 6.18. The van der Waals surface area contributed by atoms with E-state index in [2.05, 4.69) is 5.32 Å². The number of ether oxygens (including phenoxy) is 1. The van der Waals surface area contributed by atoms with E-state index in [1.165, 1.54) is 14.1 Å². The van der Waals surface area contributed by atoms with Crippen molar-refractivity contribution in [3.05, 3.63) is 56.2 Å². The quantitative estimate of drug-likeness (QED) is 0.730. The van der Waals surface area contributed by atoms with E-state index in [0.29, 0.717) is 5.75 Å². The van der Waals surface area contributed by atoms with Crippen LogP contribution in [0, 0.1) is 0 Å². The SMILES string of the molecule is COc1ccccc1[C@H](C)N[C@@H](C)C(=O)c1c(N)n(C)c(=O)n(C)c1=O. The highest BCUT2D eigenvalue weighted by Gasteiger charge is 2.26. The van der Waals surface area contributed by atoms with Gasteiger partial charge in [-0.25, -0.2) is 4.79 Å². The summed E-state index contributed by atoms with van der Waals surface area (Å²) in [5.41, 5.74) is 5.28. The number of methoxy groups -OCH3 is 1. The molecule has 0 saturated heterocycles. The van der Waals surface area contributed by atoms with Crippen molar-refractivity contribution in [3.8, 4) is 5.75 Å². The fourth-order valence-electron chi connectivity index (χ4n) is 2.87. The number of nitrogens with zero attached hydrogens (tertiary/aromatic N) is 2. The van der Waals surface area contributed by atoms with Gasteiger partial charge in [-0.3, -0.25) is 18.7 Å². The third-order valence-electron chi connectivity index (χ3n) is 4.45. The molecular formula is C18H24N4O4. The maximum atomic E-state index is 12.8. The fraction of sp³-hybridized carbons (Fsp3) is 0.389. The van der Waals surface area contributed by atoms with Crippen molar-refractivity contribution in [2.75, 3.05) is 12.8 Å². The molecule has 26 heavy (non-hydrogen) atoms. The molecule has 0 fully saturated rings. The summed E-state index contributed by atoms with van der Waals surface area (Å²) in [5.74, 6) is 0.0897. The molecule has 0 unspecified atom stereocenters. The van der Waals surface area contributed by atoms with Crippen molar-refractivity contribution in [1.29, 1.82) is 0 Å². The minimum atomic E-state index is -0.700. The first-order chi connectivity index (χ1) is 12.2. The van der Waals surface area contributed by atoms with Gasteiger partial charge in [-0.05, 0) is 19.9 Å². The molecule has 2 atom stereocenters. The molecule has 0 radical (unpaired) electrons. The number of anilines is 1. The Bertz CT molecular complexity index is 945. The topological polar surface area (TPSA) is 108 Å². The van der Waals surface area contributed by atoms with Gasteiger partial charge in [0.15, 0.2) is 5.78 Å². The first-order valence-electron chi connectivity index (χ1n) is 8.19. The maximum Gasteiger partial charge on any atom is 0.332 e. The van der Waals surface area contributed by atoms with E-state index in [-0.39, 0.29) is 17.4 Å². The number of rotatable bonds is 6. The number of hydrogen-bond acceptors (Lipinski definition) is 6. The fourth-order valence-corrected chi connectivity index (χ4v) is 2.87. The van der Waals surface area contributed by atoms with Crippen LogP contribution in [0.4, 0.5) is 5.82 Å². The first kappa shape index (κ1) is 19.5. The first-order valence-corrected chi connectivity index (χ1v) is 8.19. The molecule has 1 aromatic heterocycles. The van der Waals surface area contributed by atoms with E-state index in [4.69, 9.17) is 10.5 Å². The summed E-state index contributed by atoms with van der Waals surface area (Å²) in [5, 5.41) is 3.16. The molecule has 0 amide bonds. The number of nitrogens with two attached hydrogens (primary N) is 1. The Kier molecular flexibility index (Phi) is 5.66. The lowest BCUT2D eigenvalue weighted by Crippen LogP contribution is -2.45. The van der Waals surface area contributed by atoms with E-state index in [1.807, 2.05) is 31.2 Å². The number of nitrogens with one attached hydrogen (secondary N) is 1. The van der Waals surface area contributed by atoms with Crippen molar-refractivity contribution < 1.29 is 9.53 Å². The van der Waals surface area contributed by atoms with Gasteiger partial charge in [-0.1, -0.05) is 18.2 Å². The Labute approximate surface area is 151 Å². The van der Waals surface area contributed by atoms with Crippen LogP contribution >= 0.6 is 0 Å². The summed E-state index contributed by atoms with van der Waals surface area (Å²) in [7, 11) is 4.31. The third-order valence-corrected chi connectivity index (χ3v) is 4.45. The lowest BCUT2D eigenvalue weighted by Gasteiger charge is -2.22. The van der Waals surface area contributed by atoms with Gasteiger partial charge in [0.2, 0.25) is 0 Å². The standard InChI is InChI=1S/C18H24N4O4/c1-10(12-8-6-7-9-13(12)26-5)20-11(2)15(23)14-16(19)21(3)18(25)22(4)17(14)24/h6-11,20H,19H2,1-5H3/t10-,11-/m0/s1. The molecule has 0 aliphatic carbocycles. The van der Waals surface area contributed by atoms with E-state index < -0.39 is 23.1 Å². The van der Waals surface area contributed by atoms with Crippen LogP contribution < -0.4 is 27.0 Å². The Morgan fingerprint density at radius 2 is 1.77 bits per heavy atom. The summed E-state index contributed by atoms with van der Waals surface area (Å²) in [6.07, 6.45) is 0. The lowest BCUT2D eigenvalue weighted by molar-refractivity contribution is 0.0943. The molecule has 0 aliphatic rings. The van der Waals surface area contributed by atoms with Gasteiger partial charge in [0.25, 0.3) is 5.56 Å². The molecule has 3 N–H and O–H groups in total. The van der Waals surface area contributed by atoms with Crippen LogP contribution in [0.25, 0.3) is 0 Å². The Morgan fingerprint density at radius 3 is 2.38 bits per heavy atom. The summed E-state index contributed by atoms with van der Waals surface area (Å²) in [4.78, 5) is 37.1. The average molecular weight is 360 g/mol. The van der Waals surface area contributed by atoms with Gasteiger partial charge in [0.1, 0.15) is 17.1 Å². The Hall–Kier alpha value is -2.87. The van der Waals surface area contributed by atoms with Crippen molar-refractivity contribution in [2.24, 2.45) is 14.1 Å². The van der Waals surface area contributed by atoms with Crippen LogP contribution in [0.15, 0.2) is 33.9 Å². The number of aromatic nitrogens is 2. The van der Waals surface area contributed by atoms with Crippen molar-refractivity contribution >= 4 is 11.6 Å². The number of hydrogen-bond donors (Lipinski definition) is 2. The molecule has 8 heteroatoms. The zero-order valence-corrected chi connectivity index (χ0v) is 15.6. The van der Waals surface area contributed by atoms with Crippen molar-refractivity contribution in [3.63, 3.8) is 0 Å². The van der Waals surface area contributed by atoms with E-state index in [1.54, 1.807) is 14.0 Å². The molecule has 1 heterocycles. The second-order valence-corrected chi connectivity index (χ2v) is 6.18. The largest absolute Gasteiger partial charge is 0.496 e. The molecule has 2 aromatic rings. The highest BCUT2D eigenvalue weighted by atomic mass is 16.5. The second kappa shape index (κ2) is 7.57. The van der Waals surface area contributed by atoms with E-state index in [0.717, 1.165) is 14.7 Å². The van der Waals surface area contributed by atoms with E-state index >= 15 is 0 Å². The number of Topliss-reactive ketones (excluding diaryl/α,β-unsaturated/α-hetero) is 1. The predicted molar refractivity (Wildman–Crippen MR) is 99.7 cm³/mol. The minimum Gasteiger partial charge on any atom is -0.496 e. The molecule has 0 spiro atoms. The predicted octanol–water partition coefficient (Wildman–Crippen LogP) is 0.597. The van der Waals surface area contributed by atoms with Gasteiger partial charge in [0, 0.05) is 25.7 Å². The van der Waals surface area contributed by atoms with Gasteiger partial charge < -0.3 is 15.8 Å². The van der Waals surface area contributed by atoms with Crippen LogP contribution in [0.2, 0.25) is 0 Å². The molecule has 0 bridgehead atoms. The number of carbonyl (C=O) groups excluding carboxylic acids is 1. The van der Waals surface area contributed by atoms with Crippen LogP contribution in [0.3, 0.4) is 0 Å². The van der Waals surface area contributed by atoms with E-state index in [9.17, 15) is 14.4 Å². The van der Waals surface area contributed by atoms with Crippen LogP contribution in [-0.2, 0) is 14.1 Å². The van der Waals surface area contributed by atoms with Crippen molar-refractivity contribution in [2.45, 2.75) is 25.9 Å². The average Bonchev–Trinajstić information content (AvgIpc) is 2.64. The molecular weight excluding hydrogens is 336 g/mol. The lowest BCUT2D eigenvalue weighted by atomic mass is 10.0. The summed E-state index contributed by atoms with van der Waals surface area (Å²) in [6, 6.07) is 6.57. The van der Waals surface area contributed by atoms with Crippen LogP contribution in [0.1, 0.15) is 35.8 Å². The number of para-hydroxylation sites is 1. The molecule has 2 rings (SSSR count). The smallest absolute Gasteiger partial charge is 0.332 e. The number of benzene rings is 1. The molecule has 140 valence electrons. The number of carbonyl (C=O) groups is 1. The minimum absolute atomic E-state index is 0.137. The third kappa shape index (κ3) is 3.41. The van der Waals surface area contributed by atoms with Crippen molar-refractivity contribution in [1.82, 2.24) is 14.5 Å². The molecule has 1 aromatic carbocycles. The molecule has 8 nitrogen and oxygen atoms in total. The normalized spacial score (nSPS) is 13.3. The van der Waals surface area contributed by atoms with Gasteiger partial charge in [0.05, 0.1) is 13.2 Å².